The van der Waals surface area contributed by atoms with Crippen LogP contribution in [0.2, 0.25) is 5.02 Å². The first-order chi connectivity index (χ1) is 16.1. The second kappa shape index (κ2) is 10.5. The minimum absolute atomic E-state index is 0. The van der Waals surface area contributed by atoms with Gasteiger partial charge in [0, 0.05) is 23.0 Å². The molecule has 2 heterocycles. The molecule has 0 unspecified atom stereocenters. The molecule has 9 heteroatoms. The molecule has 4 rings (SSSR count). The predicted octanol–water partition coefficient (Wildman–Crippen LogP) is 5.72. The first-order valence-corrected chi connectivity index (χ1v) is 11.3. The molecule has 0 saturated carbocycles. The molecule has 182 valence electrons. The van der Waals surface area contributed by atoms with Gasteiger partial charge in [-0.25, -0.2) is 4.68 Å². The number of halogens is 2. The van der Waals surface area contributed by atoms with Crippen molar-refractivity contribution >= 4 is 52.4 Å². The van der Waals surface area contributed by atoms with Gasteiger partial charge in [0.25, 0.3) is 5.91 Å². The van der Waals surface area contributed by atoms with Crippen molar-refractivity contribution in [3.05, 3.63) is 82.8 Å². The molecule has 7 nitrogen and oxygen atoms in total. The molecular weight excluding hydrogens is 485 g/mol. The van der Waals surface area contributed by atoms with Crippen molar-refractivity contribution in [3.8, 4) is 5.69 Å². The normalized spacial score (nSPS) is 11.1. The number of nitrogens with zero attached hydrogens (tertiary/aromatic N) is 3. The number of anilines is 1. The third kappa shape index (κ3) is 5.81. The van der Waals surface area contributed by atoms with Gasteiger partial charge in [-0.15, -0.1) is 12.4 Å². The van der Waals surface area contributed by atoms with Crippen molar-refractivity contribution in [1.29, 1.82) is 0 Å². The number of amides is 2. The quantitative estimate of drug-likeness (QED) is 0.358. The Hall–Kier alpha value is -3.42. The highest BCUT2D eigenvalue weighted by Gasteiger charge is 2.21. The molecule has 2 N–H and O–H groups in total. The maximum atomic E-state index is 13.1. The summed E-state index contributed by atoms with van der Waals surface area (Å²) in [5.41, 5.74) is 3.83. The Morgan fingerprint density at radius 3 is 2.51 bits per heavy atom. The predicted molar refractivity (Wildman–Crippen MR) is 142 cm³/mol. The van der Waals surface area contributed by atoms with Gasteiger partial charge < -0.3 is 10.6 Å². The number of pyridine rings is 1. The van der Waals surface area contributed by atoms with Gasteiger partial charge in [0.15, 0.2) is 0 Å². The Bertz CT molecular complexity index is 1380. The van der Waals surface area contributed by atoms with Crippen LogP contribution >= 0.6 is 24.0 Å². The maximum absolute atomic E-state index is 13.1. The molecule has 0 radical (unpaired) electrons. The van der Waals surface area contributed by atoms with E-state index in [1.54, 1.807) is 35.3 Å². The molecule has 0 aliphatic heterocycles. The lowest BCUT2D eigenvalue weighted by Gasteiger charge is -2.18. The molecule has 0 fully saturated rings. The van der Waals surface area contributed by atoms with E-state index in [0.29, 0.717) is 22.8 Å². The van der Waals surface area contributed by atoms with Crippen LogP contribution < -0.4 is 10.6 Å². The summed E-state index contributed by atoms with van der Waals surface area (Å²) < 4.78 is 1.78. The van der Waals surface area contributed by atoms with Gasteiger partial charge in [-0.1, -0.05) is 44.5 Å². The Morgan fingerprint density at radius 1 is 1.06 bits per heavy atom. The molecule has 0 bridgehead atoms. The van der Waals surface area contributed by atoms with E-state index < -0.39 is 5.41 Å². The highest BCUT2D eigenvalue weighted by molar-refractivity contribution is 6.34. The average Bonchev–Trinajstić information content (AvgIpc) is 3.23. The summed E-state index contributed by atoms with van der Waals surface area (Å²) >= 11 is 6.34. The largest absolute Gasteiger partial charge is 0.352 e. The molecule has 0 spiro atoms. The molecule has 2 aromatic carbocycles. The van der Waals surface area contributed by atoms with Crippen LogP contribution in [0.5, 0.6) is 0 Å². The van der Waals surface area contributed by atoms with Crippen molar-refractivity contribution in [3.63, 3.8) is 0 Å². The molecular formula is C26H27Cl2N5O2. The second-order valence-corrected chi connectivity index (χ2v) is 9.56. The summed E-state index contributed by atoms with van der Waals surface area (Å²) in [6, 6.07) is 14.6. The lowest BCUT2D eigenvalue weighted by molar-refractivity contribution is -0.128. The first kappa shape index (κ1) is 26.2. The number of hydrogen-bond acceptors (Lipinski definition) is 4. The summed E-state index contributed by atoms with van der Waals surface area (Å²) in [7, 11) is 0. The van der Waals surface area contributed by atoms with Gasteiger partial charge >= 0.3 is 0 Å². The van der Waals surface area contributed by atoms with Gasteiger partial charge in [0.2, 0.25) is 5.91 Å². The summed E-state index contributed by atoms with van der Waals surface area (Å²) in [4.78, 5) is 29.6. The third-order valence-corrected chi connectivity index (χ3v) is 5.74. The molecule has 2 aromatic heterocycles. The minimum atomic E-state index is -0.496. The standard InChI is InChI=1S/C26H26ClN5O2.ClH/c1-16-8-10-18(14-28-16)32-23-7-5-6-22(20(23)15-30-32)31-24(33)19-12-17(9-11-21(19)27)13-29-25(34)26(2,3)4;/h5-12,14-15H,13H2,1-4H3,(H,29,34)(H,31,33);1H. The van der Waals surface area contributed by atoms with Crippen molar-refractivity contribution < 1.29 is 9.59 Å². The molecule has 0 aliphatic carbocycles. The van der Waals surface area contributed by atoms with E-state index >= 15 is 0 Å². The molecule has 0 aliphatic rings. The van der Waals surface area contributed by atoms with Crippen LogP contribution in [0.15, 0.2) is 60.9 Å². The van der Waals surface area contributed by atoms with E-state index in [0.717, 1.165) is 27.8 Å². The number of aromatic nitrogens is 3. The number of fused-ring (bicyclic) bond motifs is 1. The Morgan fingerprint density at radius 2 is 1.83 bits per heavy atom. The summed E-state index contributed by atoms with van der Waals surface area (Å²) in [5.74, 6) is -0.410. The van der Waals surface area contributed by atoms with Gasteiger partial charge in [0.05, 0.1) is 39.9 Å². The van der Waals surface area contributed by atoms with E-state index in [4.69, 9.17) is 11.6 Å². The molecule has 0 atom stereocenters. The van der Waals surface area contributed by atoms with E-state index in [-0.39, 0.29) is 24.2 Å². The fraction of sp³-hybridized carbons (Fsp3) is 0.231. The first-order valence-electron chi connectivity index (χ1n) is 10.9. The lowest BCUT2D eigenvalue weighted by atomic mass is 9.95. The highest BCUT2D eigenvalue weighted by atomic mass is 35.5. The number of carbonyl (C=O) groups is 2. The van der Waals surface area contributed by atoms with Crippen molar-refractivity contribution in [1.82, 2.24) is 20.1 Å². The smallest absolute Gasteiger partial charge is 0.257 e. The second-order valence-electron chi connectivity index (χ2n) is 9.15. The molecule has 35 heavy (non-hydrogen) atoms. The van der Waals surface area contributed by atoms with Crippen LogP contribution in [0, 0.1) is 12.3 Å². The van der Waals surface area contributed by atoms with Crippen molar-refractivity contribution in [2.45, 2.75) is 34.2 Å². The number of nitrogens with one attached hydrogen (secondary N) is 2. The Balaban J connectivity index is 0.00000342. The van der Waals surface area contributed by atoms with E-state index in [1.165, 1.54) is 0 Å². The van der Waals surface area contributed by atoms with Crippen LogP contribution in [-0.4, -0.2) is 26.6 Å². The number of hydrogen-bond donors (Lipinski definition) is 2. The summed E-state index contributed by atoms with van der Waals surface area (Å²) in [5, 5.41) is 11.5. The number of rotatable bonds is 5. The Labute approximate surface area is 215 Å². The fourth-order valence-electron chi connectivity index (χ4n) is 3.44. The number of benzene rings is 2. The van der Waals surface area contributed by atoms with Crippen molar-refractivity contribution in [2.24, 2.45) is 5.41 Å². The van der Waals surface area contributed by atoms with E-state index in [2.05, 4.69) is 20.7 Å². The topological polar surface area (TPSA) is 88.9 Å². The van der Waals surface area contributed by atoms with Crippen LogP contribution in [0.4, 0.5) is 5.69 Å². The maximum Gasteiger partial charge on any atom is 0.257 e. The van der Waals surface area contributed by atoms with Gasteiger partial charge in [-0.2, -0.15) is 5.10 Å². The monoisotopic (exact) mass is 511 g/mol. The fourth-order valence-corrected chi connectivity index (χ4v) is 3.65. The van der Waals surface area contributed by atoms with Crippen LogP contribution in [0.25, 0.3) is 16.6 Å². The van der Waals surface area contributed by atoms with Crippen molar-refractivity contribution in [2.75, 3.05) is 5.32 Å². The average molecular weight is 512 g/mol. The van der Waals surface area contributed by atoms with E-state index in [9.17, 15) is 9.59 Å². The zero-order valence-electron chi connectivity index (χ0n) is 19.9. The zero-order valence-corrected chi connectivity index (χ0v) is 21.5. The number of carbonyl (C=O) groups excluding carboxylic acids is 2. The van der Waals surface area contributed by atoms with Gasteiger partial charge in [-0.3, -0.25) is 14.6 Å². The molecule has 2 amide bonds. The summed E-state index contributed by atoms with van der Waals surface area (Å²) in [6.45, 7) is 7.78. The SMILES string of the molecule is Cc1ccc(-n2ncc3c(NC(=O)c4cc(CNC(=O)C(C)(C)C)ccc4Cl)cccc32)cn1.Cl. The Kier molecular flexibility index (Phi) is 7.83. The van der Waals surface area contributed by atoms with Crippen LogP contribution in [0.1, 0.15) is 42.4 Å². The minimum Gasteiger partial charge on any atom is -0.352 e. The van der Waals surface area contributed by atoms with E-state index in [1.807, 2.05) is 58.0 Å². The van der Waals surface area contributed by atoms with Crippen LogP contribution in [-0.2, 0) is 11.3 Å². The summed E-state index contributed by atoms with van der Waals surface area (Å²) in [6.07, 6.45) is 3.47. The third-order valence-electron chi connectivity index (χ3n) is 5.41. The lowest BCUT2D eigenvalue weighted by Crippen LogP contribution is -2.34. The molecule has 4 aromatic rings. The highest BCUT2D eigenvalue weighted by Crippen LogP contribution is 2.27. The number of aryl methyl sites for hydroxylation is 1. The zero-order chi connectivity index (χ0) is 24.5. The van der Waals surface area contributed by atoms with Crippen LogP contribution in [0.3, 0.4) is 0 Å². The van der Waals surface area contributed by atoms with Gasteiger partial charge in [-0.05, 0) is 48.9 Å². The molecule has 0 saturated heterocycles. The van der Waals surface area contributed by atoms with Gasteiger partial charge in [0.1, 0.15) is 0 Å².